The van der Waals surface area contributed by atoms with Crippen molar-refractivity contribution in [3.05, 3.63) is 12.3 Å². The van der Waals surface area contributed by atoms with Crippen molar-refractivity contribution in [2.24, 2.45) is 0 Å². The molecule has 1 saturated heterocycles. The molecule has 0 N–H and O–H groups in total. The molecule has 2 nitrogen and oxygen atoms in total. The van der Waals surface area contributed by atoms with Gasteiger partial charge in [-0.05, 0) is 25.3 Å². The smallest absolute Gasteiger partial charge is 0.156 e. The van der Waals surface area contributed by atoms with Crippen molar-refractivity contribution in [2.75, 3.05) is 13.1 Å². The van der Waals surface area contributed by atoms with Crippen molar-refractivity contribution in [1.82, 2.24) is 4.90 Å². The topological polar surface area (TPSA) is 20.3 Å². The van der Waals surface area contributed by atoms with Crippen molar-refractivity contribution in [3.63, 3.8) is 0 Å². The average molecular weight is 167 g/mol. The van der Waals surface area contributed by atoms with E-state index in [0.29, 0.717) is 6.42 Å². The molecule has 1 aliphatic heterocycles. The van der Waals surface area contributed by atoms with Crippen LogP contribution in [0, 0.1) is 0 Å². The summed E-state index contributed by atoms with van der Waals surface area (Å²) in [6.07, 6.45) is 8.14. The maximum absolute atomic E-state index is 10.9. The highest BCUT2D eigenvalue weighted by Gasteiger charge is 2.04. The lowest BCUT2D eigenvalue weighted by Gasteiger charge is -2.24. The highest BCUT2D eigenvalue weighted by molar-refractivity contribution is 5.89. The van der Waals surface area contributed by atoms with Crippen LogP contribution in [0.4, 0.5) is 0 Å². The molecule has 1 fully saturated rings. The molecule has 12 heavy (non-hydrogen) atoms. The Balaban J connectivity index is 2.28. The minimum absolute atomic E-state index is 0.223. The first-order valence-electron chi connectivity index (χ1n) is 4.78. The highest BCUT2D eigenvalue weighted by atomic mass is 16.1. The summed E-state index contributed by atoms with van der Waals surface area (Å²) in [7, 11) is 0. The van der Waals surface area contributed by atoms with E-state index in [0.717, 1.165) is 13.1 Å². The van der Waals surface area contributed by atoms with Crippen LogP contribution in [0.5, 0.6) is 0 Å². The minimum Gasteiger partial charge on any atom is -0.377 e. The van der Waals surface area contributed by atoms with Gasteiger partial charge in [-0.2, -0.15) is 0 Å². The Morgan fingerprint density at radius 2 is 2.00 bits per heavy atom. The molecule has 0 bridgehead atoms. The largest absolute Gasteiger partial charge is 0.377 e. The van der Waals surface area contributed by atoms with Gasteiger partial charge in [-0.25, -0.2) is 0 Å². The second-order valence-electron chi connectivity index (χ2n) is 3.23. The van der Waals surface area contributed by atoms with Crippen molar-refractivity contribution in [2.45, 2.75) is 32.6 Å². The van der Waals surface area contributed by atoms with Crippen LogP contribution in [-0.2, 0) is 4.79 Å². The van der Waals surface area contributed by atoms with E-state index in [1.165, 1.54) is 19.3 Å². The zero-order valence-corrected chi connectivity index (χ0v) is 7.75. The Kier molecular flexibility index (Phi) is 3.85. The number of piperidine rings is 1. The molecule has 68 valence electrons. The maximum atomic E-state index is 10.9. The molecular formula is C10H17NO. The zero-order valence-electron chi connectivity index (χ0n) is 7.75. The Bertz CT molecular complexity index is 169. The number of carbonyl (C=O) groups excluding carboxylic acids is 1. The summed E-state index contributed by atoms with van der Waals surface area (Å²) in [5, 5.41) is 0. The summed E-state index contributed by atoms with van der Waals surface area (Å²) in [5.41, 5.74) is 0. The van der Waals surface area contributed by atoms with Crippen molar-refractivity contribution in [1.29, 1.82) is 0 Å². The standard InChI is InChI=1S/C10H17NO/c1-2-10(12)6-9-11-7-4-3-5-8-11/h6,9H,2-5,7-8H2,1H3/b9-6+. The van der Waals surface area contributed by atoms with Gasteiger partial charge in [0.1, 0.15) is 0 Å². The summed E-state index contributed by atoms with van der Waals surface area (Å²) >= 11 is 0. The maximum Gasteiger partial charge on any atom is 0.156 e. The number of nitrogens with zero attached hydrogens (tertiary/aromatic N) is 1. The number of allylic oxidation sites excluding steroid dienone is 1. The van der Waals surface area contributed by atoms with Crippen molar-refractivity contribution >= 4 is 5.78 Å². The summed E-state index contributed by atoms with van der Waals surface area (Å²) in [6.45, 7) is 4.13. The van der Waals surface area contributed by atoms with E-state index in [1.54, 1.807) is 6.08 Å². The lowest BCUT2D eigenvalue weighted by Crippen LogP contribution is -2.24. The van der Waals surface area contributed by atoms with Gasteiger partial charge in [-0.1, -0.05) is 6.92 Å². The molecule has 0 amide bonds. The first-order valence-corrected chi connectivity index (χ1v) is 4.78. The SMILES string of the molecule is CCC(=O)/C=C/N1CCCCC1. The quantitative estimate of drug-likeness (QED) is 0.599. The lowest BCUT2D eigenvalue weighted by molar-refractivity contribution is -0.114. The van der Waals surface area contributed by atoms with Crippen LogP contribution in [0.2, 0.25) is 0 Å². The highest BCUT2D eigenvalue weighted by Crippen LogP contribution is 2.08. The van der Waals surface area contributed by atoms with Crippen molar-refractivity contribution in [3.8, 4) is 0 Å². The molecule has 1 aliphatic rings. The van der Waals surface area contributed by atoms with Crippen LogP contribution in [-0.4, -0.2) is 23.8 Å². The minimum atomic E-state index is 0.223. The number of hydrogen-bond donors (Lipinski definition) is 0. The van der Waals surface area contributed by atoms with Gasteiger partial charge >= 0.3 is 0 Å². The molecule has 0 aliphatic carbocycles. The zero-order chi connectivity index (χ0) is 8.81. The van der Waals surface area contributed by atoms with Gasteiger partial charge in [0.05, 0.1) is 0 Å². The first kappa shape index (κ1) is 9.30. The summed E-state index contributed by atoms with van der Waals surface area (Å²) in [6, 6.07) is 0. The van der Waals surface area contributed by atoms with Crippen molar-refractivity contribution < 1.29 is 4.79 Å². The fraction of sp³-hybridized carbons (Fsp3) is 0.700. The predicted molar refractivity (Wildman–Crippen MR) is 49.9 cm³/mol. The van der Waals surface area contributed by atoms with Crippen LogP contribution >= 0.6 is 0 Å². The van der Waals surface area contributed by atoms with Gasteiger partial charge in [0, 0.05) is 25.7 Å². The van der Waals surface area contributed by atoms with E-state index in [-0.39, 0.29) is 5.78 Å². The van der Waals surface area contributed by atoms with E-state index in [1.807, 2.05) is 13.1 Å². The molecule has 0 aromatic carbocycles. The molecule has 0 radical (unpaired) electrons. The number of hydrogen-bond acceptors (Lipinski definition) is 2. The Hall–Kier alpha value is -0.790. The normalized spacial score (nSPS) is 18.6. The third-order valence-corrected chi connectivity index (χ3v) is 2.21. The Labute approximate surface area is 74.2 Å². The predicted octanol–water partition coefficient (Wildman–Crippen LogP) is 1.97. The third kappa shape index (κ3) is 3.07. The van der Waals surface area contributed by atoms with E-state index in [2.05, 4.69) is 4.90 Å². The number of carbonyl (C=O) groups is 1. The molecule has 2 heteroatoms. The second-order valence-corrected chi connectivity index (χ2v) is 3.23. The van der Waals surface area contributed by atoms with Crippen LogP contribution in [0.25, 0.3) is 0 Å². The molecule has 1 rings (SSSR count). The van der Waals surface area contributed by atoms with E-state index < -0.39 is 0 Å². The monoisotopic (exact) mass is 167 g/mol. The molecule has 0 aromatic heterocycles. The van der Waals surface area contributed by atoms with Gasteiger partial charge in [0.15, 0.2) is 5.78 Å². The van der Waals surface area contributed by atoms with Crippen LogP contribution in [0.1, 0.15) is 32.6 Å². The first-order chi connectivity index (χ1) is 5.83. The summed E-state index contributed by atoms with van der Waals surface area (Å²) in [4.78, 5) is 13.2. The fourth-order valence-electron chi connectivity index (χ4n) is 1.37. The number of rotatable bonds is 3. The molecule has 1 heterocycles. The molecular weight excluding hydrogens is 150 g/mol. The van der Waals surface area contributed by atoms with Crippen LogP contribution < -0.4 is 0 Å². The van der Waals surface area contributed by atoms with Gasteiger partial charge < -0.3 is 4.90 Å². The lowest BCUT2D eigenvalue weighted by atomic mass is 10.1. The molecule has 0 saturated carbocycles. The Morgan fingerprint density at radius 3 is 2.58 bits per heavy atom. The molecule has 0 atom stereocenters. The third-order valence-electron chi connectivity index (χ3n) is 2.21. The number of ketones is 1. The fourth-order valence-corrected chi connectivity index (χ4v) is 1.37. The average Bonchev–Trinajstić information content (AvgIpc) is 2.16. The molecule has 0 unspecified atom stereocenters. The molecule has 0 spiro atoms. The Morgan fingerprint density at radius 1 is 1.33 bits per heavy atom. The summed E-state index contributed by atoms with van der Waals surface area (Å²) in [5.74, 6) is 0.223. The number of likely N-dealkylation sites (tertiary alicyclic amines) is 1. The van der Waals surface area contributed by atoms with Crippen LogP contribution in [0.15, 0.2) is 12.3 Å². The van der Waals surface area contributed by atoms with E-state index in [4.69, 9.17) is 0 Å². The van der Waals surface area contributed by atoms with Gasteiger partial charge in [0.25, 0.3) is 0 Å². The van der Waals surface area contributed by atoms with Crippen LogP contribution in [0.3, 0.4) is 0 Å². The summed E-state index contributed by atoms with van der Waals surface area (Å²) < 4.78 is 0. The van der Waals surface area contributed by atoms with Gasteiger partial charge in [0.2, 0.25) is 0 Å². The molecule has 0 aromatic rings. The van der Waals surface area contributed by atoms with Gasteiger partial charge in [-0.15, -0.1) is 0 Å². The van der Waals surface area contributed by atoms with E-state index >= 15 is 0 Å². The second kappa shape index (κ2) is 4.96. The van der Waals surface area contributed by atoms with E-state index in [9.17, 15) is 4.79 Å². The van der Waals surface area contributed by atoms with Gasteiger partial charge in [-0.3, -0.25) is 4.79 Å².